The Balaban J connectivity index is 2.19. The third kappa shape index (κ3) is 2.93. The molecule has 1 saturated carbocycles. The van der Waals surface area contributed by atoms with Gasteiger partial charge in [0.05, 0.1) is 17.8 Å². The number of aryl methyl sites for hydroxylation is 1. The molecule has 1 aliphatic carbocycles. The van der Waals surface area contributed by atoms with Gasteiger partial charge in [-0.15, -0.1) is 0 Å². The van der Waals surface area contributed by atoms with Crippen molar-refractivity contribution in [2.75, 3.05) is 13.2 Å². The van der Waals surface area contributed by atoms with E-state index in [1.54, 1.807) is 0 Å². The van der Waals surface area contributed by atoms with Crippen molar-refractivity contribution in [3.8, 4) is 0 Å². The molecule has 18 heavy (non-hydrogen) atoms. The lowest BCUT2D eigenvalue weighted by Crippen LogP contribution is -2.37. The fraction of sp³-hybridized carbons (Fsp3) is 0.786. The van der Waals surface area contributed by atoms with Gasteiger partial charge in [0, 0.05) is 19.3 Å². The largest absolute Gasteiger partial charge is 0.376 e. The number of likely N-dealkylation sites (N-methyl/N-ethyl adjacent to an activating group) is 1. The predicted octanol–water partition coefficient (Wildman–Crippen LogP) is 2.37. The normalized spacial score (nSPS) is 18.8. The van der Waals surface area contributed by atoms with Gasteiger partial charge in [0.15, 0.2) is 0 Å². The minimum atomic E-state index is 0.268. The predicted molar refractivity (Wildman–Crippen MR) is 72.5 cm³/mol. The molecule has 0 saturated heterocycles. The fourth-order valence-corrected chi connectivity index (χ4v) is 2.60. The lowest BCUT2D eigenvalue weighted by atomic mass is 10.0. The van der Waals surface area contributed by atoms with Crippen molar-refractivity contribution in [1.29, 1.82) is 0 Å². The third-order valence-electron chi connectivity index (χ3n) is 3.57. The van der Waals surface area contributed by atoms with E-state index in [0.29, 0.717) is 5.92 Å². The maximum Gasteiger partial charge on any atom is 0.0812 e. The van der Waals surface area contributed by atoms with E-state index in [2.05, 4.69) is 41.9 Å². The summed E-state index contributed by atoms with van der Waals surface area (Å²) in [6, 6.07) is 2.38. The highest BCUT2D eigenvalue weighted by atomic mass is 16.5. The Bertz CT molecular complexity index is 360. The molecule has 1 aliphatic rings. The summed E-state index contributed by atoms with van der Waals surface area (Å²) in [5.41, 5.74) is 1.25. The first-order chi connectivity index (χ1) is 8.81. The van der Waals surface area contributed by atoms with Gasteiger partial charge in [-0.05, 0) is 45.2 Å². The fourth-order valence-electron chi connectivity index (χ4n) is 2.60. The molecule has 0 bridgehead atoms. The molecule has 1 aromatic rings. The van der Waals surface area contributed by atoms with Crippen LogP contribution in [0.5, 0.6) is 0 Å². The summed E-state index contributed by atoms with van der Waals surface area (Å²) < 4.78 is 8.07. The molecule has 2 rings (SSSR count). The molecular formula is C14H25N3O. The summed E-state index contributed by atoms with van der Waals surface area (Å²) in [4.78, 5) is 0. The second-order valence-electron chi connectivity index (χ2n) is 4.86. The van der Waals surface area contributed by atoms with E-state index in [4.69, 9.17) is 4.74 Å². The van der Waals surface area contributed by atoms with Crippen LogP contribution in [0.2, 0.25) is 0 Å². The Morgan fingerprint density at radius 2 is 2.22 bits per heavy atom. The summed E-state index contributed by atoms with van der Waals surface area (Å²) in [6.07, 6.45) is 4.77. The van der Waals surface area contributed by atoms with Gasteiger partial charge in [-0.25, -0.2) is 0 Å². The number of hydrogen-bond acceptors (Lipinski definition) is 3. The molecule has 4 nitrogen and oxygen atoms in total. The van der Waals surface area contributed by atoms with Crippen LogP contribution < -0.4 is 5.32 Å². The number of nitrogens with one attached hydrogen (secondary N) is 1. The van der Waals surface area contributed by atoms with E-state index in [1.807, 2.05) is 6.20 Å². The number of nitrogens with zero attached hydrogens (tertiary/aromatic N) is 2. The second kappa shape index (κ2) is 6.34. The maximum absolute atomic E-state index is 6.00. The smallest absolute Gasteiger partial charge is 0.0812 e. The molecule has 1 N–H and O–H groups in total. The van der Waals surface area contributed by atoms with Crippen molar-refractivity contribution >= 4 is 0 Å². The molecule has 1 fully saturated rings. The first-order valence-corrected chi connectivity index (χ1v) is 7.18. The van der Waals surface area contributed by atoms with E-state index in [1.165, 1.54) is 18.5 Å². The van der Waals surface area contributed by atoms with E-state index in [0.717, 1.165) is 19.7 Å². The van der Waals surface area contributed by atoms with Crippen LogP contribution in [0.15, 0.2) is 12.3 Å². The molecule has 1 heterocycles. The molecule has 1 aromatic heterocycles. The van der Waals surface area contributed by atoms with Crippen LogP contribution in [0.4, 0.5) is 0 Å². The van der Waals surface area contributed by atoms with Crippen molar-refractivity contribution in [2.24, 2.45) is 5.92 Å². The average molecular weight is 251 g/mol. The molecule has 4 heteroatoms. The van der Waals surface area contributed by atoms with Crippen LogP contribution in [0.25, 0.3) is 0 Å². The van der Waals surface area contributed by atoms with Gasteiger partial charge >= 0.3 is 0 Å². The summed E-state index contributed by atoms with van der Waals surface area (Å²) in [5, 5.41) is 7.96. The van der Waals surface area contributed by atoms with E-state index < -0.39 is 0 Å². The first-order valence-electron chi connectivity index (χ1n) is 7.18. The lowest BCUT2D eigenvalue weighted by molar-refractivity contribution is 0.0168. The molecule has 2 unspecified atom stereocenters. The Morgan fingerprint density at radius 1 is 1.44 bits per heavy atom. The zero-order chi connectivity index (χ0) is 13.0. The summed E-state index contributed by atoms with van der Waals surface area (Å²) >= 11 is 0. The van der Waals surface area contributed by atoms with Gasteiger partial charge in [0.1, 0.15) is 0 Å². The van der Waals surface area contributed by atoms with Gasteiger partial charge in [-0.2, -0.15) is 5.10 Å². The standard InChI is InChI=1S/C14H25N3O/c1-4-15-13(12-9-10-16-17(12)5-2)14(18-6-3)11-7-8-11/h9-11,13-15H,4-8H2,1-3H3. The minimum absolute atomic E-state index is 0.268. The third-order valence-corrected chi connectivity index (χ3v) is 3.57. The van der Waals surface area contributed by atoms with Gasteiger partial charge in [-0.3, -0.25) is 4.68 Å². The highest BCUT2D eigenvalue weighted by Gasteiger charge is 2.38. The summed E-state index contributed by atoms with van der Waals surface area (Å²) in [5.74, 6) is 0.717. The Labute approximate surface area is 110 Å². The minimum Gasteiger partial charge on any atom is -0.376 e. The SMILES string of the molecule is CCNC(c1ccnn1CC)C(OCC)C1CC1. The van der Waals surface area contributed by atoms with Crippen LogP contribution in [0, 0.1) is 5.92 Å². The lowest BCUT2D eigenvalue weighted by Gasteiger charge is -2.28. The van der Waals surface area contributed by atoms with Gasteiger partial charge in [0.2, 0.25) is 0 Å². The molecular weight excluding hydrogens is 226 g/mol. The highest BCUT2D eigenvalue weighted by molar-refractivity contribution is 5.11. The Morgan fingerprint density at radius 3 is 2.78 bits per heavy atom. The van der Waals surface area contributed by atoms with Crippen LogP contribution in [-0.2, 0) is 11.3 Å². The molecule has 2 atom stereocenters. The van der Waals surface area contributed by atoms with Gasteiger partial charge in [0.25, 0.3) is 0 Å². The molecule has 102 valence electrons. The zero-order valence-electron chi connectivity index (χ0n) is 11.7. The summed E-state index contributed by atoms with van der Waals surface area (Å²) in [6.45, 7) is 9.00. The Kier molecular flexibility index (Phi) is 4.78. The molecule has 0 aromatic carbocycles. The van der Waals surface area contributed by atoms with Crippen LogP contribution >= 0.6 is 0 Å². The van der Waals surface area contributed by atoms with Crippen molar-refractivity contribution in [1.82, 2.24) is 15.1 Å². The second-order valence-corrected chi connectivity index (χ2v) is 4.86. The van der Waals surface area contributed by atoms with Crippen LogP contribution in [0.1, 0.15) is 45.3 Å². The summed E-state index contributed by atoms with van der Waals surface area (Å²) in [7, 11) is 0. The molecule has 0 amide bonds. The van der Waals surface area contributed by atoms with Crippen LogP contribution in [0.3, 0.4) is 0 Å². The molecule has 0 spiro atoms. The highest BCUT2D eigenvalue weighted by Crippen LogP contribution is 2.40. The van der Waals surface area contributed by atoms with Crippen molar-refractivity contribution in [3.63, 3.8) is 0 Å². The molecule has 0 radical (unpaired) electrons. The maximum atomic E-state index is 6.00. The number of ether oxygens (including phenoxy) is 1. The molecule has 0 aliphatic heterocycles. The van der Waals surface area contributed by atoms with E-state index >= 15 is 0 Å². The van der Waals surface area contributed by atoms with E-state index in [-0.39, 0.29) is 12.1 Å². The zero-order valence-corrected chi connectivity index (χ0v) is 11.7. The topological polar surface area (TPSA) is 39.1 Å². The van der Waals surface area contributed by atoms with E-state index in [9.17, 15) is 0 Å². The quantitative estimate of drug-likeness (QED) is 0.771. The van der Waals surface area contributed by atoms with Crippen LogP contribution in [-0.4, -0.2) is 29.0 Å². The number of rotatable bonds is 8. The first kappa shape index (κ1) is 13.6. The van der Waals surface area contributed by atoms with Crippen molar-refractivity contribution in [2.45, 2.75) is 52.3 Å². The Hall–Kier alpha value is -0.870. The monoisotopic (exact) mass is 251 g/mol. The van der Waals surface area contributed by atoms with Crippen molar-refractivity contribution in [3.05, 3.63) is 18.0 Å². The number of hydrogen-bond donors (Lipinski definition) is 1. The van der Waals surface area contributed by atoms with Gasteiger partial charge < -0.3 is 10.1 Å². The van der Waals surface area contributed by atoms with Gasteiger partial charge in [-0.1, -0.05) is 6.92 Å². The van der Waals surface area contributed by atoms with Crippen molar-refractivity contribution < 1.29 is 4.74 Å². The average Bonchev–Trinajstić information content (AvgIpc) is 3.11. The number of aromatic nitrogens is 2.